The molecule has 0 saturated carbocycles. The van der Waals surface area contributed by atoms with Crippen LogP contribution in [0.2, 0.25) is 5.02 Å². The molecule has 1 aromatic heterocycles. The molecule has 0 bridgehead atoms. The van der Waals surface area contributed by atoms with E-state index in [4.69, 9.17) is 11.6 Å². The molecule has 0 saturated heterocycles. The van der Waals surface area contributed by atoms with Gasteiger partial charge >= 0.3 is 0 Å². The van der Waals surface area contributed by atoms with E-state index in [0.29, 0.717) is 10.8 Å². The zero-order valence-corrected chi connectivity index (χ0v) is 13.3. The maximum atomic E-state index is 11.2. The molecule has 1 aromatic carbocycles. The van der Waals surface area contributed by atoms with E-state index in [-0.39, 0.29) is 5.92 Å². The van der Waals surface area contributed by atoms with E-state index in [2.05, 4.69) is 18.8 Å². The van der Waals surface area contributed by atoms with Gasteiger partial charge in [-0.3, -0.25) is 4.79 Å². The molecule has 3 nitrogen and oxygen atoms in total. The Labute approximate surface area is 128 Å². The molecule has 0 aliphatic heterocycles. The lowest BCUT2D eigenvalue weighted by Crippen LogP contribution is -2.02. The minimum absolute atomic E-state index is 0.267. The number of carbonyl (C=O) groups is 1. The molecule has 20 heavy (non-hydrogen) atoms. The number of benzene rings is 1. The lowest BCUT2D eigenvalue weighted by molar-refractivity contribution is 0.111. The van der Waals surface area contributed by atoms with E-state index in [1.165, 1.54) is 0 Å². The first-order valence-electron chi connectivity index (χ1n) is 6.55. The molecule has 106 valence electrons. The van der Waals surface area contributed by atoms with Crippen LogP contribution in [0.1, 0.15) is 43.0 Å². The summed E-state index contributed by atoms with van der Waals surface area (Å²) in [5.74, 6) is 0.754. The molecule has 0 fully saturated rings. The fourth-order valence-electron chi connectivity index (χ4n) is 2.00. The highest BCUT2D eigenvalue weighted by Crippen LogP contribution is 2.35. The normalized spacial score (nSPS) is 11.1. The minimum Gasteiger partial charge on any atom is -0.317 e. The van der Waals surface area contributed by atoms with E-state index in [1.807, 2.05) is 35.8 Å². The van der Waals surface area contributed by atoms with Gasteiger partial charge in [-0.2, -0.15) is 0 Å². The van der Waals surface area contributed by atoms with Gasteiger partial charge in [0.1, 0.15) is 5.03 Å². The number of rotatable bonds is 5. The predicted octanol–water partition coefficient (Wildman–Crippen LogP) is 4.64. The molecule has 2 aromatic rings. The number of hydrogen-bond acceptors (Lipinski definition) is 3. The molecule has 5 heteroatoms. The third-order valence-corrected chi connectivity index (χ3v) is 4.30. The van der Waals surface area contributed by atoms with E-state index in [9.17, 15) is 4.79 Å². The largest absolute Gasteiger partial charge is 0.317 e. The minimum atomic E-state index is 0.267. The van der Waals surface area contributed by atoms with Gasteiger partial charge in [0, 0.05) is 16.5 Å². The molecule has 1 heterocycles. The van der Waals surface area contributed by atoms with Gasteiger partial charge < -0.3 is 4.57 Å². The van der Waals surface area contributed by atoms with Gasteiger partial charge in [0.25, 0.3) is 0 Å². The van der Waals surface area contributed by atoms with Crippen molar-refractivity contribution in [3.8, 4) is 0 Å². The Kier molecular flexibility index (Phi) is 4.89. The number of aldehydes is 1. The summed E-state index contributed by atoms with van der Waals surface area (Å²) in [4.78, 5) is 16.7. The van der Waals surface area contributed by atoms with Crippen LogP contribution in [-0.4, -0.2) is 15.8 Å². The molecule has 0 N–H and O–H groups in total. The zero-order chi connectivity index (χ0) is 14.7. The van der Waals surface area contributed by atoms with Gasteiger partial charge in [0.15, 0.2) is 12.1 Å². The fraction of sp³-hybridized carbons (Fsp3) is 0.333. The van der Waals surface area contributed by atoms with Crippen LogP contribution in [0.3, 0.4) is 0 Å². The fourth-order valence-corrected chi connectivity index (χ4v) is 3.52. The summed E-state index contributed by atoms with van der Waals surface area (Å²) in [5, 5.41) is 1.73. The Morgan fingerprint density at radius 2 is 2.20 bits per heavy atom. The highest BCUT2D eigenvalue weighted by Gasteiger charge is 2.19. The first-order chi connectivity index (χ1) is 9.56. The van der Waals surface area contributed by atoms with Crippen LogP contribution in [0.5, 0.6) is 0 Å². The molecule has 0 unspecified atom stereocenters. The van der Waals surface area contributed by atoms with E-state index in [1.54, 1.807) is 11.8 Å². The molecule has 0 aliphatic carbocycles. The quantitative estimate of drug-likeness (QED) is 0.754. The Bertz CT molecular complexity index is 622. The Hall–Kier alpha value is -1.26. The van der Waals surface area contributed by atoms with Crippen molar-refractivity contribution in [3.63, 3.8) is 0 Å². The molecular weight excluding hydrogens is 292 g/mol. The summed E-state index contributed by atoms with van der Waals surface area (Å²) in [5.41, 5.74) is 0.957. The third-order valence-electron chi connectivity index (χ3n) is 2.95. The van der Waals surface area contributed by atoms with Crippen molar-refractivity contribution in [2.24, 2.45) is 0 Å². The predicted molar refractivity (Wildman–Crippen MR) is 83.0 cm³/mol. The molecule has 0 radical (unpaired) electrons. The SMILES string of the molecule is CCn1c(C=O)nc(C(C)C)c1Sc1cccc(Cl)c1. The van der Waals surface area contributed by atoms with Crippen LogP contribution < -0.4 is 0 Å². The molecule has 0 spiro atoms. The maximum absolute atomic E-state index is 11.2. The van der Waals surface area contributed by atoms with Crippen molar-refractivity contribution in [3.05, 3.63) is 40.8 Å². The third kappa shape index (κ3) is 3.07. The number of imidazole rings is 1. The van der Waals surface area contributed by atoms with Gasteiger partial charge in [-0.1, -0.05) is 43.3 Å². The molecule has 0 aliphatic rings. The van der Waals surface area contributed by atoms with Crippen LogP contribution in [0, 0.1) is 0 Å². The topological polar surface area (TPSA) is 34.9 Å². The van der Waals surface area contributed by atoms with Crippen molar-refractivity contribution in [1.82, 2.24) is 9.55 Å². The smallest absolute Gasteiger partial charge is 0.185 e. The monoisotopic (exact) mass is 308 g/mol. The van der Waals surface area contributed by atoms with Crippen molar-refractivity contribution < 1.29 is 4.79 Å². The first-order valence-corrected chi connectivity index (χ1v) is 7.75. The van der Waals surface area contributed by atoms with Crippen LogP contribution in [-0.2, 0) is 6.54 Å². The van der Waals surface area contributed by atoms with Crippen LogP contribution in [0.25, 0.3) is 0 Å². The summed E-state index contributed by atoms with van der Waals surface area (Å²) >= 11 is 7.63. The van der Waals surface area contributed by atoms with Gasteiger partial charge in [0.2, 0.25) is 0 Å². The maximum Gasteiger partial charge on any atom is 0.185 e. The molecule has 0 atom stereocenters. The second-order valence-electron chi connectivity index (χ2n) is 4.74. The van der Waals surface area contributed by atoms with Crippen LogP contribution in [0.15, 0.2) is 34.2 Å². The lowest BCUT2D eigenvalue weighted by atomic mass is 10.1. The Balaban J connectivity index is 2.48. The van der Waals surface area contributed by atoms with Gasteiger partial charge in [-0.15, -0.1) is 0 Å². The van der Waals surface area contributed by atoms with Crippen molar-refractivity contribution in [2.75, 3.05) is 0 Å². The number of carbonyl (C=O) groups excluding carboxylic acids is 1. The zero-order valence-electron chi connectivity index (χ0n) is 11.8. The van der Waals surface area contributed by atoms with Crippen LogP contribution >= 0.6 is 23.4 Å². The standard InChI is InChI=1S/C15H17ClN2OS/c1-4-18-13(9-19)17-14(10(2)3)15(18)20-12-7-5-6-11(16)8-12/h5-10H,4H2,1-3H3. The average molecular weight is 309 g/mol. The van der Waals surface area contributed by atoms with Crippen molar-refractivity contribution in [1.29, 1.82) is 0 Å². The van der Waals surface area contributed by atoms with E-state index in [0.717, 1.165) is 28.4 Å². The number of nitrogens with zero attached hydrogens (tertiary/aromatic N) is 2. The summed E-state index contributed by atoms with van der Waals surface area (Å²) in [6, 6.07) is 7.70. The molecule has 2 rings (SSSR count). The molecular formula is C15H17ClN2OS. The second-order valence-corrected chi connectivity index (χ2v) is 6.24. The summed E-state index contributed by atoms with van der Waals surface area (Å²) in [7, 11) is 0. The highest BCUT2D eigenvalue weighted by atomic mass is 35.5. The second kappa shape index (κ2) is 6.46. The van der Waals surface area contributed by atoms with Crippen molar-refractivity contribution in [2.45, 2.75) is 43.2 Å². The highest BCUT2D eigenvalue weighted by molar-refractivity contribution is 7.99. The first kappa shape index (κ1) is 15.1. The average Bonchev–Trinajstić information content (AvgIpc) is 2.76. The van der Waals surface area contributed by atoms with Gasteiger partial charge in [-0.25, -0.2) is 4.98 Å². The lowest BCUT2D eigenvalue weighted by Gasteiger charge is -2.10. The van der Waals surface area contributed by atoms with Crippen molar-refractivity contribution >= 4 is 29.6 Å². The number of aromatic nitrogens is 2. The Morgan fingerprint density at radius 3 is 2.75 bits per heavy atom. The Morgan fingerprint density at radius 1 is 1.45 bits per heavy atom. The van der Waals surface area contributed by atoms with E-state index < -0.39 is 0 Å². The summed E-state index contributed by atoms with van der Waals surface area (Å²) in [6.45, 7) is 6.90. The molecule has 0 amide bonds. The van der Waals surface area contributed by atoms with Gasteiger partial charge in [-0.05, 0) is 31.0 Å². The number of hydrogen-bond donors (Lipinski definition) is 0. The number of halogens is 1. The van der Waals surface area contributed by atoms with Gasteiger partial charge in [0.05, 0.1) is 5.69 Å². The summed E-state index contributed by atoms with van der Waals surface area (Å²) in [6.07, 6.45) is 0.817. The summed E-state index contributed by atoms with van der Waals surface area (Å²) < 4.78 is 1.95. The van der Waals surface area contributed by atoms with E-state index >= 15 is 0 Å². The van der Waals surface area contributed by atoms with Crippen LogP contribution in [0.4, 0.5) is 0 Å².